The van der Waals surface area contributed by atoms with Crippen molar-refractivity contribution in [3.05, 3.63) is 54.0 Å². The first-order valence-corrected chi connectivity index (χ1v) is 6.53. The summed E-state index contributed by atoms with van der Waals surface area (Å²) in [6.45, 7) is 0.341. The molecule has 22 heavy (non-hydrogen) atoms. The lowest BCUT2D eigenvalue weighted by molar-refractivity contribution is -0.137. The standard InChI is InChI=1S/C15H15F3N2O2/c1-20(9-11-5-4-8-22-11)10-14(21)19-13-7-3-2-6-12(13)15(16,17)18/h2-8H,9-10H2,1H3,(H,19,21). The molecule has 2 rings (SSSR count). The van der Waals surface area contributed by atoms with Gasteiger partial charge in [0.1, 0.15) is 5.76 Å². The van der Waals surface area contributed by atoms with Crippen LogP contribution in [-0.4, -0.2) is 24.4 Å². The number of carbonyl (C=O) groups excluding carboxylic acids is 1. The van der Waals surface area contributed by atoms with Gasteiger partial charge in [-0.2, -0.15) is 13.2 Å². The summed E-state index contributed by atoms with van der Waals surface area (Å²) in [6, 6.07) is 8.37. The molecule has 1 heterocycles. The number of hydrogen-bond donors (Lipinski definition) is 1. The molecule has 0 aliphatic rings. The van der Waals surface area contributed by atoms with Gasteiger partial charge in [-0.25, -0.2) is 0 Å². The van der Waals surface area contributed by atoms with Gasteiger partial charge in [0.25, 0.3) is 0 Å². The number of carbonyl (C=O) groups is 1. The Morgan fingerprint density at radius 3 is 2.59 bits per heavy atom. The Hall–Kier alpha value is -2.28. The van der Waals surface area contributed by atoms with Crippen molar-refractivity contribution >= 4 is 11.6 Å². The molecule has 1 amide bonds. The lowest BCUT2D eigenvalue weighted by Gasteiger charge is -2.17. The molecule has 0 saturated carbocycles. The summed E-state index contributed by atoms with van der Waals surface area (Å²) in [5, 5.41) is 2.30. The number of rotatable bonds is 5. The molecule has 0 bridgehead atoms. The van der Waals surface area contributed by atoms with Crippen molar-refractivity contribution in [3.8, 4) is 0 Å². The normalized spacial score (nSPS) is 11.7. The average molecular weight is 312 g/mol. The van der Waals surface area contributed by atoms with Crippen LogP contribution in [0.5, 0.6) is 0 Å². The zero-order valence-electron chi connectivity index (χ0n) is 11.9. The molecule has 0 spiro atoms. The number of amides is 1. The number of likely N-dealkylation sites (N-methyl/N-ethyl adjacent to an activating group) is 1. The van der Waals surface area contributed by atoms with E-state index < -0.39 is 17.6 Å². The van der Waals surface area contributed by atoms with Gasteiger partial charge in [-0.05, 0) is 31.3 Å². The summed E-state index contributed by atoms with van der Waals surface area (Å²) >= 11 is 0. The molecule has 1 aromatic heterocycles. The molecule has 0 fully saturated rings. The topological polar surface area (TPSA) is 45.5 Å². The molecule has 1 aromatic carbocycles. The predicted molar refractivity (Wildman–Crippen MR) is 75.1 cm³/mol. The third-order valence-electron chi connectivity index (χ3n) is 2.93. The molecule has 0 aliphatic heterocycles. The summed E-state index contributed by atoms with van der Waals surface area (Å²) in [4.78, 5) is 13.5. The zero-order valence-corrected chi connectivity index (χ0v) is 11.9. The monoisotopic (exact) mass is 312 g/mol. The molecule has 4 nitrogen and oxygen atoms in total. The van der Waals surface area contributed by atoms with Crippen LogP contribution in [0.25, 0.3) is 0 Å². The van der Waals surface area contributed by atoms with Crippen LogP contribution in [0, 0.1) is 0 Å². The molecule has 0 saturated heterocycles. The van der Waals surface area contributed by atoms with Crippen molar-refractivity contribution < 1.29 is 22.4 Å². The van der Waals surface area contributed by atoms with Gasteiger partial charge < -0.3 is 9.73 Å². The first-order chi connectivity index (χ1) is 10.4. The van der Waals surface area contributed by atoms with E-state index in [1.165, 1.54) is 24.5 Å². The minimum absolute atomic E-state index is 0.0487. The van der Waals surface area contributed by atoms with Crippen molar-refractivity contribution in [1.82, 2.24) is 4.90 Å². The van der Waals surface area contributed by atoms with E-state index in [9.17, 15) is 18.0 Å². The van der Waals surface area contributed by atoms with Crippen LogP contribution < -0.4 is 5.32 Å². The van der Waals surface area contributed by atoms with Crippen LogP contribution in [0.15, 0.2) is 47.1 Å². The maximum Gasteiger partial charge on any atom is 0.418 e. The first kappa shape index (κ1) is 16.1. The lowest BCUT2D eigenvalue weighted by Crippen LogP contribution is -2.30. The Bertz CT molecular complexity index is 624. The summed E-state index contributed by atoms with van der Waals surface area (Å²) in [6.07, 6.45) is -2.99. The van der Waals surface area contributed by atoms with Crippen LogP contribution in [0.3, 0.4) is 0 Å². The highest BCUT2D eigenvalue weighted by Crippen LogP contribution is 2.34. The largest absolute Gasteiger partial charge is 0.468 e. The van der Waals surface area contributed by atoms with Gasteiger partial charge in [0.05, 0.1) is 30.6 Å². The average Bonchev–Trinajstić information content (AvgIpc) is 2.90. The first-order valence-electron chi connectivity index (χ1n) is 6.53. The molecule has 2 aromatic rings. The van der Waals surface area contributed by atoms with E-state index in [4.69, 9.17) is 4.42 Å². The van der Waals surface area contributed by atoms with E-state index in [-0.39, 0.29) is 12.2 Å². The Balaban J connectivity index is 1.98. The summed E-state index contributed by atoms with van der Waals surface area (Å²) in [5.74, 6) is 0.150. The highest BCUT2D eigenvalue weighted by atomic mass is 19.4. The molecule has 0 aliphatic carbocycles. The van der Waals surface area contributed by atoms with Crippen molar-refractivity contribution in [1.29, 1.82) is 0 Å². The second-order valence-electron chi connectivity index (χ2n) is 4.84. The Morgan fingerprint density at radius 1 is 1.23 bits per heavy atom. The highest BCUT2D eigenvalue weighted by molar-refractivity contribution is 5.93. The summed E-state index contributed by atoms with van der Waals surface area (Å²) in [7, 11) is 1.68. The number of halogens is 3. The van der Waals surface area contributed by atoms with E-state index in [1.807, 2.05) is 0 Å². The molecular weight excluding hydrogens is 297 g/mol. The lowest BCUT2D eigenvalue weighted by atomic mass is 10.1. The number of nitrogens with zero attached hydrogens (tertiary/aromatic N) is 1. The second kappa shape index (κ2) is 6.65. The maximum atomic E-state index is 12.8. The fourth-order valence-electron chi connectivity index (χ4n) is 2.00. The number of anilines is 1. The molecule has 0 atom stereocenters. The van der Waals surface area contributed by atoms with E-state index in [0.717, 1.165) is 6.07 Å². The van der Waals surface area contributed by atoms with Crippen LogP contribution >= 0.6 is 0 Å². The maximum absolute atomic E-state index is 12.8. The Labute approximate surface area is 125 Å². The van der Waals surface area contributed by atoms with Crippen molar-refractivity contribution in [2.45, 2.75) is 12.7 Å². The molecule has 0 unspecified atom stereocenters. The molecule has 1 N–H and O–H groups in total. The van der Waals surface area contributed by atoms with Crippen LogP contribution in [0.4, 0.5) is 18.9 Å². The number of nitrogens with one attached hydrogen (secondary N) is 1. The number of para-hydroxylation sites is 1. The van der Waals surface area contributed by atoms with Gasteiger partial charge in [0, 0.05) is 0 Å². The van der Waals surface area contributed by atoms with Gasteiger partial charge >= 0.3 is 6.18 Å². The van der Waals surface area contributed by atoms with E-state index in [1.54, 1.807) is 24.1 Å². The molecule has 0 radical (unpaired) electrons. The minimum atomic E-state index is -4.51. The summed E-state index contributed by atoms with van der Waals surface area (Å²) < 4.78 is 43.7. The third kappa shape index (κ3) is 4.36. The Morgan fingerprint density at radius 2 is 1.95 bits per heavy atom. The van der Waals surface area contributed by atoms with Gasteiger partial charge in [0.2, 0.25) is 5.91 Å². The van der Waals surface area contributed by atoms with E-state index in [2.05, 4.69) is 5.32 Å². The van der Waals surface area contributed by atoms with Crippen LogP contribution in [-0.2, 0) is 17.5 Å². The van der Waals surface area contributed by atoms with Gasteiger partial charge in [-0.3, -0.25) is 9.69 Å². The minimum Gasteiger partial charge on any atom is -0.468 e. The predicted octanol–water partition coefficient (Wildman–Crippen LogP) is 3.37. The van der Waals surface area contributed by atoms with Gasteiger partial charge in [0.15, 0.2) is 0 Å². The number of benzene rings is 1. The molecule has 7 heteroatoms. The fourth-order valence-corrected chi connectivity index (χ4v) is 2.00. The smallest absolute Gasteiger partial charge is 0.418 e. The van der Waals surface area contributed by atoms with Crippen molar-refractivity contribution in [3.63, 3.8) is 0 Å². The second-order valence-corrected chi connectivity index (χ2v) is 4.84. The van der Waals surface area contributed by atoms with Gasteiger partial charge in [-0.1, -0.05) is 12.1 Å². The number of alkyl halides is 3. The number of furan rings is 1. The van der Waals surface area contributed by atoms with Crippen LogP contribution in [0.2, 0.25) is 0 Å². The van der Waals surface area contributed by atoms with Crippen molar-refractivity contribution in [2.24, 2.45) is 0 Å². The zero-order chi connectivity index (χ0) is 16.2. The van der Waals surface area contributed by atoms with E-state index in [0.29, 0.717) is 12.3 Å². The number of hydrogen-bond acceptors (Lipinski definition) is 3. The van der Waals surface area contributed by atoms with Crippen LogP contribution in [0.1, 0.15) is 11.3 Å². The quantitative estimate of drug-likeness (QED) is 0.920. The highest BCUT2D eigenvalue weighted by Gasteiger charge is 2.33. The molecule has 118 valence electrons. The van der Waals surface area contributed by atoms with E-state index >= 15 is 0 Å². The van der Waals surface area contributed by atoms with Gasteiger partial charge in [-0.15, -0.1) is 0 Å². The van der Waals surface area contributed by atoms with Crippen molar-refractivity contribution in [2.75, 3.05) is 18.9 Å². The third-order valence-corrected chi connectivity index (χ3v) is 2.93. The SMILES string of the molecule is CN(CC(=O)Nc1ccccc1C(F)(F)F)Cc1ccco1. The fraction of sp³-hybridized carbons (Fsp3) is 0.267. The summed E-state index contributed by atoms with van der Waals surface area (Å²) in [5.41, 5.74) is -1.11. The molecular formula is C15H15F3N2O2. The Kier molecular flexibility index (Phi) is 4.87.